The zero-order valence-corrected chi connectivity index (χ0v) is 39.0. The molecule has 0 bridgehead atoms. The first kappa shape index (κ1) is 41.7. The first-order valence-corrected chi connectivity index (χ1v) is 24.3. The number of nitrogens with zero attached hydrogens (tertiary/aromatic N) is 4. The van der Waals surface area contributed by atoms with E-state index in [9.17, 15) is 0 Å². The van der Waals surface area contributed by atoms with Gasteiger partial charge in [-0.25, -0.2) is 4.98 Å². The van der Waals surface area contributed by atoms with E-state index in [1.54, 1.807) is 0 Å². The second-order valence-corrected chi connectivity index (χ2v) is 22.2. The summed E-state index contributed by atoms with van der Waals surface area (Å²) >= 11 is 0. The van der Waals surface area contributed by atoms with Crippen LogP contribution in [0.15, 0.2) is 156 Å². The van der Waals surface area contributed by atoms with Gasteiger partial charge in [-0.15, -0.1) is 54.1 Å². The van der Waals surface area contributed by atoms with Crippen LogP contribution in [0.3, 0.4) is 0 Å². The fourth-order valence-corrected chi connectivity index (χ4v) is 9.22. The molecule has 0 aliphatic heterocycles. The van der Waals surface area contributed by atoms with Crippen molar-refractivity contribution in [1.29, 1.82) is 0 Å². The fourth-order valence-electron chi connectivity index (χ4n) is 8.19. The monoisotopic (exact) mass is 989 g/mol. The Balaban J connectivity index is 0.000000255. The number of pyridine rings is 2. The molecule has 0 fully saturated rings. The zero-order valence-electron chi connectivity index (χ0n) is 35.6. The van der Waals surface area contributed by atoms with Gasteiger partial charge in [0.25, 0.3) is 0 Å². The second kappa shape index (κ2) is 17.2. The predicted octanol–water partition coefficient (Wildman–Crippen LogP) is 13.9. The Bertz CT molecular complexity index is 3130. The summed E-state index contributed by atoms with van der Waals surface area (Å²) in [5, 5.41) is 5.92. The van der Waals surface area contributed by atoms with Crippen molar-refractivity contribution in [2.45, 2.75) is 59.2 Å². The minimum atomic E-state index is -1.23. The molecule has 0 atom stereocenters. The molecule has 0 saturated carbocycles. The van der Waals surface area contributed by atoms with Crippen molar-refractivity contribution >= 4 is 57.1 Å². The van der Waals surface area contributed by atoms with Crippen molar-refractivity contribution in [2.75, 3.05) is 0 Å². The van der Waals surface area contributed by atoms with E-state index in [1.165, 1.54) is 32.8 Å². The largest absolute Gasteiger partial charge is 0.486 e. The third-order valence-electron chi connectivity index (χ3n) is 11.3. The molecule has 4 heterocycles. The van der Waals surface area contributed by atoms with E-state index >= 15 is 0 Å². The van der Waals surface area contributed by atoms with Gasteiger partial charge in [-0.05, 0) is 74.9 Å². The maximum atomic E-state index is 6.62. The summed E-state index contributed by atoms with van der Waals surface area (Å²) in [7, 11) is -1.23. The van der Waals surface area contributed by atoms with Crippen LogP contribution in [0.2, 0.25) is 19.6 Å². The van der Waals surface area contributed by atoms with Gasteiger partial charge in [-0.2, -0.15) is 0 Å². The van der Waals surface area contributed by atoms with Crippen LogP contribution >= 0.6 is 0 Å². The number of imidazole rings is 1. The predicted molar refractivity (Wildman–Crippen MR) is 253 cm³/mol. The van der Waals surface area contributed by atoms with Crippen molar-refractivity contribution in [1.82, 2.24) is 19.5 Å². The van der Waals surface area contributed by atoms with E-state index in [1.807, 2.05) is 54.7 Å². The molecule has 0 aliphatic carbocycles. The maximum absolute atomic E-state index is 6.62. The normalized spacial score (nSPS) is 11.7. The summed E-state index contributed by atoms with van der Waals surface area (Å²) in [4.78, 5) is 14.7. The number of benzene rings is 6. The molecule has 10 aromatic rings. The first-order chi connectivity index (χ1) is 29.1. The van der Waals surface area contributed by atoms with E-state index in [0.717, 1.165) is 61.3 Å². The molecule has 5 nitrogen and oxygen atoms in total. The van der Waals surface area contributed by atoms with E-state index in [2.05, 4.69) is 166 Å². The van der Waals surface area contributed by atoms with Crippen LogP contribution in [0, 0.1) is 12.1 Å². The van der Waals surface area contributed by atoms with Crippen molar-refractivity contribution < 1.29 is 24.5 Å². The van der Waals surface area contributed by atoms with E-state index in [4.69, 9.17) is 14.4 Å². The molecule has 0 amide bonds. The van der Waals surface area contributed by atoms with Gasteiger partial charge < -0.3 is 14.0 Å². The van der Waals surface area contributed by atoms with E-state index in [-0.39, 0.29) is 26.0 Å². The molecular formula is C54H48IrN4OSi-2. The number of furan rings is 1. The Kier molecular flexibility index (Phi) is 11.8. The summed E-state index contributed by atoms with van der Waals surface area (Å²) in [5.41, 5.74) is 12.0. The summed E-state index contributed by atoms with van der Waals surface area (Å²) in [6.07, 6.45) is 2.02. The van der Waals surface area contributed by atoms with Crippen molar-refractivity contribution in [3.05, 3.63) is 175 Å². The van der Waals surface area contributed by atoms with Crippen LogP contribution < -0.4 is 5.19 Å². The molecule has 1 radical (unpaired) electrons. The molecule has 0 spiro atoms. The minimum absolute atomic E-state index is 0. The third-order valence-corrected chi connectivity index (χ3v) is 13.3. The van der Waals surface area contributed by atoms with E-state index in [0.29, 0.717) is 11.6 Å². The van der Waals surface area contributed by atoms with Crippen LogP contribution in [-0.4, -0.2) is 27.6 Å². The average molecular weight is 989 g/mol. The standard InChI is InChI=1S/C40H32N3O.C14H16NSi.Ir/c1-24(2)32-23-27-15-8-9-16-28(27)36(25(3)4)37(32)43-35-20-11-10-19-34(35)41-39(43)31-18-12-17-29-30-21-22-33(26-13-6-5-7-14-26)42-40(30)44-38(29)31;1-16(2,3)13-9-10-14(15-11-13)12-7-5-4-6-8-12;/h5-17,19-25H,1-4H3;4-7,9-11H,1-3H3;/q2*-1;. The Morgan fingerprint density at radius 2 is 1.38 bits per heavy atom. The molecule has 10 rings (SSSR count). The van der Waals surface area contributed by atoms with Gasteiger partial charge >= 0.3 is 0 Å². The van der Waals surface area contributed by atoms with Gasteiger partial charge in [0.2, 0.25) is 5.71 Å². The number of aromatic nitrogens is 4. The van der Waals surface area contributed by atoms with Crippen LogP contribution in [0.4, 0.5) is 0 Å². The summed E-state index contributed by atoms with van der Waals surface area (Å²) in [6, 6.07) is 56.9. The number of rotatable bonds is 7. The first-order valence-electron chi connectivity index (χ1n) is 20.8. The zero-order chi connectivity index (χ0) is 41.5. The van der Waals surface area contributed by atoms with E-state index < -0.39 is 8.07 Å². The number of hydrogen-bond donors (Lipinski definition) is 0. The van der Waals surface area contributed by atoms with Crippen LogP contribution in [0.25, 0.3) is 83.5 Å². The summed E-state index contributed by atoms with van der Waals surface area (Å²) in [5.74, 6) is 1.40. The average Bonchev–Trinajstić information content (AvgIpc) is 3.84. The van der Waals surface area contributed by atoms with Gasteiger partial charge in [0.15, 0.2) is 0 Å². The second-order valence-electron chi connectivity index (χ2n) is 17.1. The fraction of sp³-hybridized carbons (Fsp3) is 0.167. The summed E-state index contributed by atoms with van der Waals surface area (Å²) in [6.45, 7) is 16.1. The Morgan fingerprint density at radius 3 is 2.10 bits per heavy atom. The van der Waals surface area contributed by atoms with Gasteiger partial charge in [0.1, 0.15) is 0 Å². The minimum Gasteiger partial charge on any atom is -0.486 e. The molecule has 6 aromatic carbocycles. The molecule has 61 heavy (non-hydrogen) atoms. The molecule has 0 unspecified atom stereocenters. The van der Waals surface area contributed by atoms with Gasteiger partial charge in [0, 0.05) is 42.9 Å². The van der Waals surface area contributed by atoms with Gasteiger partial charge in [-0.3, -0.25) is 4.98 Å². The number of fused-ring (bicyclic) bond motifs is 5. The topological polar surface area (TPSA) is 56.7 Å². The smallest absolute Gasteiger partial charge is 0.216 e. The number of hydrogen-bond acceptors (Lipinski definition) is 4. The molecule has 0 N–H and O–H groups in total. The van der Waals surface area contributed by atoms with Crippen LogP contribution in [0.5, 0.6) is 0 Å². The van der Waals surface area contributed by atoms with Gasteiger partial charge in [0.05, 0.1) is 36.2 Å². The molecule has 305 valence electrons. The van der Waals surface area contributed by atoms with Crippen molar-refractivity contribution in [3.8, 4) is 39.6 Å². The molecule has 0 aliphatic rings. The van der Waals surface area contributed by atoms with Gasteiger partial charge in [-0.1, -0.05) is 137 Å². The SMILES string of the molecule is CC(C)c1cc2ccccc2c(C(C)C)c1-n1c(-c2[c-]ccc3c2oc2nc(-c4ccccc4)ccc23)nc2ccccc21.C[Si](C)(C)c1ccc(-c2[c-]cccc2)nc1.[Ir]. The molecule has 4 aromatic heterocycles. The third kappa shape index (κ3) is 8.02. The quantitative estimate of drug-likeness (QED) is 0.118. The maximum Gasteiger partial charge on any atom is 0.216 e. The summed E-state index contributed by atoms with van der Waals surface area (Å²) < 4.78 is 8.97. The van der Waals surface area contributed by atoms with Crippen molar-refractivity contribution in [3.63, 3.8) is 0 Å². The Labute approximate surface area is 372 Å². The van der Waals surface area contributed by atoms with Crippen LogP contribution in [-0.2, 0) is 20.1 Å². The molecule has 0 saturated heterocycles. The molecular weight excluding hydrogens is 941 g/mol. The Morgan fingerprint density at radius 1 is 0.639 bits per heavy atom. The molecule has 7 heteroatoms. The van der Waals surface area contributed by atoms with Crippen molar-refractivity contribution in [2.24, 2.45) is 0 Å². The van der Waals surface area contributed by atoms with Crippen LogP contribution in [0.1, 0.15) is 50.7 Å². The number of para-hydroxylation sites is 2. The Hall–Kier alpha value is -5.98.